The van der Waals surface area contributed by atoms with Crippen molar-refractivity contribution >= 4 is 17.7 Å². The summed E-state index contributed by atoms with van der Waals surface area (Å²) in [6.07, 6.45) is 6.56. The van der Waals surface area contributed by atoms with Gasteiger partial charge in [0, 0.05) is 25.1 Å². The molecular formula is C24H28N8O4. The molecule has 1 amide bonds. The highest BCUT2D eigenvalue weighted by Crippen LogP contribution is 2.38. The molecule has 4 rings (SSSR count). The second-order valence-corrected chi connectivity index (χ2v) is 9.30. The van der Waals surface area contributed by atoms with Crippen LogP contribution < -0.4 is 14.8 Å². The van der Waals surface area contributed by atoms with Crippen LogP contribution in [0.5, 0.6) is 11.5 Å². The van der Waals surface area contributed by atoms with E-state index in [1.165, 1.54) is 12.4 Å². The molecule has 188 valence electrons. The topological polar surface area (TPSA) is 151 Å². The highest BCUT2D eigenvalue weighted by atomic mass is 16.6. The number of H-pyrrole nitrogens is 1. The molecule has 12 heteroatoms. The molecule has 1 fully saturated rings. The third-order valence-electron chi connectivity index (χ3n) is 5.38. The molecule has 2 N–H and O–H groups in total. The summed E-state index contributed by atoms with van der Waals surface area (Å²) in [5.74, 6) is 2.14. The van der Waals surface area contributed by atoms with E-state index in [2.05, 4.69) is 30.5 Å². The van der Waals surface area contributed by atoms with Crippen molar-refractivity contribution in [2.24, 2.45) is 5.92 Å². The number of nitrogens with zero attached hydrogens (tertiary/aromatic N) is 6. The van der Waals surface area contributed by atoms with Gasteiger partial charge in [0.15, 0.2) is 17.3 Å². The summed E-state index contributed by atoms with van der Waals surface area (Å²) in [7, 11) is 1.56. The minimum absolute atomic E-state index is 0.158. The second kappa shape index (κ2) is 10.5. The van der Waals surface area contributed by atoms with E-state index in [9.17, 15) is 4.79 Å². The number of carbonyl (C=O) groups excluding carboxylic acids is 1. The second-order valence-electron chi connectivity index (χ2n) is 9.30. The Morgan fingerprint density at radius 1 is 1.22 bits per heavy atom. The molecule has 12 nitrogen and oxygen atoms in total. The lowest BCUT2D eigenvalue weighted by atomic mass is 10.1. The first-order valence-electron chi connectivity index (χ1n) is 11.4. The standard InChI is InChI=1S/C24H28N8O4/c1-24(2,3)36-23(33)32-6-5-15(13-32)14-35-19-11-26-10-18(34-4)22(19)17-7-20(31-30-17)29-21-12-27-16(8-25)9-28-21/h7,9-12,15H,5-6,13-14H2,1-4H3,(H2,28,29,30,31)/t15-/m0/s1. The van der Waals surface area contributed by atoms with E-state index in [1.807, 2.05) is 26.8 Å². The van der Waals surface area contributed by atoms with Gasteiger partial charge >= 0.3 is 6.09 Å². The Morgan fingerprint density at radius 3 is 2.72 bits per heavy atom. The number of anilines is 2. The van der Waals surface area contributed by atoms with Crippen LogP contribution in [0.15, 0.2) is 30.9 Å². The average molecular weight is 493 g/mol. The fraction of sp³-hybridized carbons (Fsp3) is 0.417. The molecule has 1 atom stereocenters. The number of rotatable bonds is 7. The number of nitrogens with one attached hydrogen (secondary N) is 2. The summed E-state index contributed by atoms with van der Waals surface area (Å²) in [5, 5.41) is 19.2. The first-order chi connectivity index (χ1) is 17.3. The molecule has 0 spiro atoms. The minimum Gasteiger partial charge on any atom is -0.494 e. The Morgan fingerprint density at radius 2 is 2.03 bits per heavy atom. The van der Waals surface area contributed by atoms with Crippen LogP contribution in [0.1, 0.15) is 32.9 Å². The van der Waals surface area contributed by atoms with Gasteiger partial charge in [0.05, 0.1) is 49.8 Å². The molecule has 1 aliphatic rings. The quantitative estimate of drug-likeness (QED) is 0.501. The Kier molecular flexibility index (Phi) is 7.19. The predicted molar refractivity (Wildman–Crippen MR) is 130 cm³/mol. The van der Waals surface area contributed by atoms with Gasteiger partial charge in [-0.05, 0) is 27.2 Å². The van der Waals surface area contributed by atoms with Gasteiger partial charge < -0.3 is 24.4 Å². The predicted octanol–water partition coefficient (Wildman–Crippen LogP) is 3.52. The van der Waals surface area contributed by atoms with Crippen molar-refractivity contribution in [2.45, 2.75) is 32.8 Å². The molecule has 1 aliphatic heterocycles. The van der Waals surface area contributed by atoms with Crippen molar-refractivity contribution in [3.63, 3.8) is 0 Å². The number of pyridine rings is 1. The molecule has 0 aromatic carbocycles. The van der Waals surface area contributed by atoms with Crippen molar-refractivity contribution in [1.82, 2.24) is 30.0 Å². The summed E-state index contributed by atoms with van der Waals surface area (Å²) in [6, 6.07) is 3.71. The van der Waals surface area contributed by atoms with Crippen LogP contribution >= 0.6 is 0 Å². The first-order valence-corrected chi connectivity index (χ1v) is 11.4. The van der Waals surface area contributed by atoms with E-state index in [1.54, 1.807) is 30.5 Å². The van der Waals surface area contributed by atoms with Crippen molar-refractivity contribution in [3.05, 3.63) is 36.5 Å². The number of hydrogen-bond acceptors (Lipinski definition) is 10. The van der Waals surface area contributed by atoms with E-state index in [0.29, 0.717) is 54.1 Å². The van der Waals surface area contributed by atoms with Gasteiger partial charge in [-0.2, -0.15) is 10.4 Å². The summed E-state index contributed by atoms with van der Waals surface area (Å²) >= 11 is 0. The summed E-state index contributed by atoms with van der Waals surface area (Å²) < 4.78 is 17.2. The highest BCUT2D eigenvalue weighted by molar-refractivity contribution is 5.75. The molecular weight excluding hydrogens is 464 g/mol. The summed E-state index contributed by atoms with van der Waals surface area (Å²) in [5.41, 5.74) is 1.01. The van der Waals surface area contributed by atoms with Crippen molar-refractivity contribution in [3.8, 4) is 28.8 Å². The number of nitriles is 1. The van der Waals surface area contributed by atoms with E-state index < -0.39 is 5.60 Å². The van der Waals surface area contributed by atoms with Gasteiger partial charge in [-0.15, -0.1) is 0 Å². The van der Waals surface area contributed by atoms with Crippen LogP contribution in [0, 0.1) is 17.2 Å². The van der Waals surface area contributed by atoms with Crippen LogP contribution in [0.2, 0.25) is 0 Å². The zero-order valence-electron chi connectivity index (χ0n) is 20.6. The minimum atomic E-state index is -0.530. The normalized spacial score (nSPS) is 15.3. The van der Waals surface area contributed by atoms with Crippen LogP contribution in [-0.2, 0) is 4.74 Å². The molecule has 0 unspecified atom stereocenters. The zero-order chi connectivity index (χ0) is 25.7. The summed E-state index contributed by atoms with van der Waals surface area (Å²) in [6.45, 7) is 7.15. The summed E-state index contributed by atoms with van der Waals surface area (Å²) in [4.78, 5) is 26.4. The Balaban J connectivity index is 1.45. The number of ether oxygens (including phenoxy) is 3. The number of amides is 1. The fourth-order valence-electron chi connectivity index (χ4n) is 3.72. The Hall–Kier alpha value is -4.40. The zero-order valence-corrected chi connectivity index (χ0v) is 20.6. The van der Waals surface area contributed by atoms with E-state index in [0.717, 1.165) is 6.42 Å². The van der Waals surface area contributed by atoms with Crippen molar-refractivity contribution < 1.29 is 19.0 Å². The number of likely N-dealkylation sites (tertiary alicyclic amines) is 1. The molecule has 3 aromatic rings. The lowest BCUT2D eigenvalue weighted by Crippen LogP contribution is -2.35. The monoisotopic (exact) mass is 492 g/mol. The third-order valence-corrected chi connectivity index (χ3v) is 5.38. The first kappa shape index (κ1) is 24.7. The fourth-order valence-corrected chi connectivity index (χ4v) is 3.72. The van der Waals surface area contributed by atoms with Gasteiger partial charge in [-0.1, -0.05) is 0 Å². The smallest absolute Gasteiger partial charge is 0.410 e. The van der Waals surface area contributed by atoms with Gasteiger partial charge in [0.1, 0.15) is 23.2 Å². The number of aromatic amines is 1. The van der Waals surface area contributed by atoms with E-state index in [-0.39, 0.29) is 17.7 Å². The van der Waals surface area contributed by atoms with Gasteiger partial charge in [0.25, 0.3) is 0 Å². The number of hydrogen-bond donors (Lipinski definition) is 2. The molecule has 0 aliphatic carbocycles. The largest absolute Gasteiger partial charge is 0.494 e. The molecule has 1 saturated heterocycles. The van der Waals surface area contributed by atoms with E-state index >= 15 is 0 Å². The Labute approximate surface area is 208 Å². The van der Waals surface area contributed by atoms with E-state index in [4.69, 9.17) is 19.5 Å². The lowest BCUT2D eigenvalue weighted by molar-refractivity contribution is 0.0285. The maximum absolute atomic E-state index is 12.4. The van der Waals surface area contributed by atoms with Gasteiger partial charge in [-0.25, -0.2) is 14.8 Å². The SMILES string of the molecule is COc1cncc(OC[C@H]2CCN(C(=O)OC(C)(C)C)C2)c1-c1cc(Nc2cnc(C#N)cn2)n[nH]1. The number of carbonyl (C=O) groups is 1. The number of aromatic nitrogens is 5. The molecule has 0 radical (unpaired) electrons. The molecule has 4 heterocycles. The van der Waals surface area contributed by atoms with Gasteiger partial charge in [-0.3, -0.25) is 10.1 Å². The molecule has 0 bridgehead atoms. The molecule has 3 aromatic heterocycles. The maximum atomic E-state index is 12.4. The maximum Gasteiger partial charge on any atom is 0.410 e. The van der Waals surface area contributed by atoms with Crippen LogP contribution in [-0.4, -0.2) is 68.5 Å². The lowest BCUT2D eigenvalue weighted by Gasteiger charge is -2.24. The number of methoxy groups -OCH3 is 1. The van der Waals surface area contributed by atoms with Crippen LogP contribution in [0.25, 0.3) is 11.3 Å². The molecule has 0 saturated carbocycles. The van der Waals surface area contributed by atoms with Crippen LogP contribution in [0.3, 0.4) is 0 Å². The average Bonchev–Trinajstić information content (AvgIpc) is 3.52. The molecule has 36 heavy (non-hydrogen) atoms. The Bertz CT molecular complexity index is 1250. The highest BCUT2D eigenvalue weighted by Gasteiger charge is 2.30. The van der Waals surface area contributed by atoms with Crippen LogP contribution in [0.4, 0.5) is 16.4 Å². The van der Waals surface area contributed by atoms with Gasteiger partial charge in [0.2, 0.25) is 0 Å². The van der Waals surface area contributed by atoms with Crippen molar-refractivity contribution in [1.29, 1.82) is 5.26 Å². The third kappa shape index (κ3) is 5.99. The van der Waals surface area contributed by atoms with Crippen molar-refractivity contribution in [2.75, 3.05) is 32.1 Å².